The molecule has 1 aromatic rings. The van der Waals surface area contributed by atoms with Gasteiger partial charge in [0.25, 0.3) is 0 Å². The standard InChI is InChI=1S/C21H34FN5/c1-23-21(24-14-18-4-3-11-26(2)15-18)25-20-9-12-27(13-10-20)16-17-5-7-19(22)8-6-17/h5-8,18,20H,3-4,9-16H2,1-2H3,(H2,23,24,25). The fraction of sp³-hybridized carbons (Fsp3) is 0.667. The molecule has 2 aliphatic heterocycles. The normalized spacial score (nSPS) is 23.4. The predicted octanol–water partition coefficient (Wildman–Crippen LogP) is 2.30. The molecule has 3 rings (SSSR count). The van der Waals surface area contributed by atoms with Gasteiger partial charge in [0.05, 0.1) is 0 Å². The number of rotatable bonds is 5. The maximum absolute atomic E-state index is 13.0. The van der Waals surface area contributed by atoms with E-state index in [0.717, 1.165) is 45.0 Å². The van der Waals surface area contributed by atoms with Crippen molar-refractivity contribution in [1.29, 1.82) is 0 Å². The second-order valence-electron chi connectivity index (χ2n) is 8.04. The Balaban J connectivity index is 1.37. The fourth-order valence-corrected chi connectivity index (χ4v) is 4.15. The van der Waals surface area contributed by atoms with Crippen LogP contribution in [-0.4, -0.2) is 68.6 Å². The van der Waals surface area contributed by atoms with Crippen molar-refractivity contribution in [3.63, 3.8) is 0 Å². The summed E-state index contributed by atoms with van der Waals surface area (Å²) in [5.41, 5.74) is 1.18. The Bertz CT molecular complexity index is 595. The van der Waals surface area contributed by atoms with Gasteiger partial charge < -0.3 is 15.5 Å². The van der Waals surface area contributed by atoms with Gasteiger partial charge in [-0.1, -0.05) is 12.1 Å². The number of benzene rings is 1. The van der Waals surface area contributed by atoms with Crippen molar-refractivity contribution < 1.29 is 4.39 Å². The third kappa shape index (κ3) is 6.47. The molecule has 0 spiro atoms. The first-order valence-corrected chi connectivity index (χ1v) is 10.2. The van der Waals surface area contributed by atoms with E-state index in [0.29, 0.717) is 12.0 Å². The zero-order chi connectivity index (χ0) is 19.1. The Labute approximate surface area is 163 Å². The van der Waals surface area contributed by atoms with Crippen LogP contribution in [0.15, 0.2) is 29.3 Å². The second kappa shape index (κ2) is 10.0. The van der Waals surface area contributed by atoms with Crippen LogP contribution in [0.5, 0.6) is 0 Å². The molecule has 1 aromatic carbocycles. The molecule has 0 radical (unpaired) electrons. The van der Waals surface area contributed by atoms with Crippen molar-refractivity contribution in [2.24, 2.45) is 10.9 Å². The van der Waals surface area contributed by atoms with Gasteiger partial charge in [-0.05, 0) is 62.9 Å². The van der Waals surface area contributed by atoms with E-state index in [4.69, 9.17) is 0 Å². The van der Waals surface area contributed by atoms with Gasteiger partial charge in [-0.25, -0.2) is 4.39 Å². The van der Waals surface area contributed by atoms with Crippen LogP contribution in [0.2, 0.25) is 0 Å². The molecule has 150 valence electrons. The van der Waals surface area contributed by atoms with Gasteiger partial charge in [-0.3, -0.25) is 9.89 Å². The summed E-state index contributed by atoms with van der Waals surface area (Å²) >= 11 is 0. The molecule has 0 saturated carbocycles. The maximum Gasteiger partial charge on any atom is 0.191 e. The molecule has 2 fully saturated rings. The lowest BCUT2D eigenvalue weighted by Gasteiger charge is -2.34. The molecule has 2 heterocycles. The van der Waals surface area contributed by atoms with Gasteiger partial charge >= 0.3 is 0 Å². The van der Waals surface area contributed by atoms with Gasteiger partial charge in [0, 0.05) is 45.8 Å². The zero-order valence-electron chi connectivity index (χ0n) is 16.8. The summed E-state index contributed by atoms with van der Waals surface area (Å²) in [6.45, 7) is 6.40. The van der Waals surface area contributed by atoms with Gasteiger partial charge in [0.2, 0.25) is 0 Å². The molecular formula is C21H34FN5. The Hall–Kier alpha value is -1.66. The molecule has 27 heavy (non-hydrogen) atoms. The van der Waals surface area contributed by atoms with Crippen LogP contribution >= 0.6 is 0 Å². The highest BCUT2D eigenvalue weighted by atomic mass is 19.1. The number of nitrogens with one attached hydrogen (secondary N) is 2. The van der Waals surface area contributed by atoms with Crippen LogP contribution in [-0.2, 0) is 6.54 Å². The number of halogens is 1. The predicted molar refractivity (Wildman–Crippen MR) is 109 cm³/mol. The van der Waals surface area contributed by atoms with Gasteiger partial charge in [-0.2, -0.15) is 0 Å². The average molecular weight is 376 g/mol. The number of aliphatic imine (C=N–C) groups is 1. The SMILES string of the molecule is CN=C(NCC1CCCN(C)C1)NC1CCN(Cc2ccc(F)cc2)CC1. The Morgan fingerprint density at radius 2 is 1.89 bits per heavy atom. The number of hydrogen-bond donors (Lipinski definition) is 2. The molecule has 0 aromatic heterocycles. The molecule has 5 nitrogen and oxygen atoms in total. The number of hydrogen-bond acceptors (Lipinski definition) is 3. The zero-order valence-corrected chi connectivity index (χ0v) is 16.8. The minimum absolute atomic E-state index is 0.166. The van der Waals surface area contributed by atoms with Crippen molar-refractivity contribution in [1.82, 2.24) is 20.4 Å². The number of guanidine groups is 1. The molecule has 1 atom stereocenters. The van der Waals surface area contributed by atoms with Crippen molar-refractivity contribution >= 4 is 5.96 Å². The summed E-state index contributed by atoms with van der Waals surface area (Å²) in [6, 6.07) is 7.32. The molecule has 1 unspecified atom stereocenters. The largest absolute Gasteiger partial charge is 0.356 e. The molecule has 6 heteroatoms. The molecule has 2 aliphatic rings. The Morgan fingerprint density at radius 1 is 1.15 bits per heavy atom. The van der Waals surface area contributed by atoms with E-state index >= 15 is 0 Å². The van der Waals surface area contributed by atoms with Crippen LogP contribution in [0.25, 0.3) is 0 Å². The summed E-state index contributed by atoms with van der Waals surface area (Å²) in [6.07, 6.45) is 4.81. The molecular weight excluding hydrogens is 341 g/mol. The van der Waals surface area contributed by atoms with Crippen molar-refractivity contribution in [3.8, 4) is 0 Å². The quantitative estimate of drug-likeness (QED) is 0.612. The third-order valence-electron chi connectivity index (χ3n) is 5.75. The van der Waals surface area contributed by atoms with E-state index in [9.17, 15) is 4.39 Å². The summed E-state index contributed by atoms with van der Waals surface area (Å²) in [4.78, 5) is 9.28. The molecule has 0 bridgehead atoms. The smallest absolute Gasteiger partial charge is 0.191 e. The van der Waals surface area contributed by atoms with E-state index in [1.165, 1.54) is 31.5 Å². The van der Waals surface area contributed by atoms with Crippen LogP contribution in [0, 0.1) is 11.7 Å². The minimum atomic E-state index is -0.166. The highest BCUT2D eigenvalue weighted by Gasteiger charge is 2.21. The lowest BCUT2D eigenvalue weighted by Crippen LogP contribution is -2.50. The number of likely N-dealkylation sites (tertiary alicyclic amines) is 2. The lowest BCUT2D eigenvalue weighted by atomic mass is 9.98. The topological polar surface area (TPSA) is 42.9 Å². The third-order valence-corrected chi connectivity index (χ3v) is 5.75. The summed E-state index contributed by atoms with van der Waals surface area (Å²) < 4.78 is 13.0. The second-order valence-corrected chi connectivity index (χ2v) is 8.04. The van der Waals surface area contributed by atoms with Crippen LogP contribution in [0.1, 0.15) is 31.2 Å². The van der Waals surface area contributed by atoms with Gasteiger partial charge in [0.1, 0.15) is 5.82 Å². The fourth-order valence-electron chi connectivity index (χ4n) is 4.15. The highest BCUT2D eigenvalue weighted by Crippen LogP contribution is 2.15. The molecule has 2 saturated heterocycles. The molecule has 0 aliphatic carbocycles. The summed E-state index contributed by atoms with van der Waals surface area (Å²) in [5.74, 6) is 1.47. The van der Waals surface area contributed by atoms with Crippen molar-refractivity contribution in [2.45, 2.75) is 38.3 Å². The van der Waals surface area contributed by atoms with Gasteiger partial charge in [-0.15, -0.1) is 0 Å². The number of nitrogens with zero attached hydrogens (tertiary/aromatic N) is 3. The van der Waals surface area contributed by atoms with E-state index in [-0.39, 0.29) is 5.82 Å². The molecule has 0 amide bonds. The first kappa shape index (κ1) is 20.1. The van der Waals surface area contributed by atoms with E-state index < -0.39 is 0 Å². The minimum Gasteiger partial charge on any atom is -0.356 e. The first-order chi connectivity index (χ1) is 13.1. The van der Waals surface area contributed by atoms with Crippen molar-refractivity contribution in [3.05, 3.63) is 35.6 Å². The van der Waals surface area contributed by atoms with Crippen LogP contribution < -0.4 is 10.6 Å². The van der Waals surface area contributed by atoms with Crippen molar-refractivity contribution in [2.75, 3.05) is 46.8 Å². The van der Waals surface area contributed by atoms with Crippen LogP contribution in [0.3, 0.4) is 0 Å². The monoisotopic (exact) mass is 375 g/mol. The summed E-state index contributed by atoms with van der Waals surface area (Å²) in [5, 5.41) is 7.12. The Morgan fingerprint density at radius 3 is 2.56 bits per heavy atom. The van der Waals surface area contributed by atoms with Crippen LogP contribution in [0.4, 0.5) is 4.39 Å². The molecule has 2 N–H and O–H groups in total. The lowest BCUT2D eigenvalue weighted by molar-refractivity contribution is 0.197. The van der Waals surface area contributed by atoms with E-state index in [1.807, 2.05) is 19.2 Å². The van der Waals surface area contributed by atoms with Gasteiger partial charge in [0.15, 0.2) is 5.96 Å². The number of piperidine rings is 2. The van der Waals surface area contributed by atoms with E-state index in [1.54, 1.807) is 12.1 Å². The average Bonchev–Trinajstić information content (AvgIpc) is 2.68. The first-order valence-electron chi connectivity index (χ1n) is 10.2. The summed E-state index contributed by atoms with van der Waals surface area (Å²) in [7, 11) is 4.06. The highest BCUT2D eigenvalue weighted by molar-refractivity contribution is 5.79. The van der Waals surface area contributed by atoms with E-state index in [2.05, 4.69) is 32.5 Å². The maximum atomic E-state index is 13.0. The Kier molecular flexibility index (Phi) is 7.47.